The molecule has 0 spiro atoms. The van der Waals surface area contributed by atoms with Gasteiger partial charge in [-0.3, -0.25) is 4.70 Å². The first-order chi connectivity index (χ1) is 22.4. The van der Waals surface area contributed by atoms with Crippen LogP contribution in [0.3, 0.4) is 0 Å². The van der Waals surface area contributed by atoms with Gasteiger partial charge in [0.2, 0.25) is 0 Å². The summed E-state index contributed by atoms with van der Waals surface area (Å²) < 4.78 is 7.24. The summed E-state index contributed by atoms with van der Waals surface area (Å²) in [6, 6.07) is 64.3. The number of hydrogen-bond donors (Lipinski definition) is 0. The second kappa shape index (κ2) is 12.6. The maximum atomic E-state index is 7.24. The molecular formula is C44H31FO. The van der Waals surface area contributed by atoms with Crippen molar-refractivity contribution in [3.8, 4) is 67.0 Å². The van der Waals surface area contributed by atoms with E-state index in [1.165, 1.54) is 11.1 Å². The fourth-order valence-electron chi connectivity index (χ4n) is 6.57. The van der Waals surface area contributed by atoms with Crippen molar-refractivity contribution in [1.82, 2.24) is 0 Å². The molecule has 0 amide bonds. The summed E-state index contributed by atoms with van der Waals surface area (Å²) in [6.45, 7) is 0. The summed E-state index contributed by atoms with van der Waals surface area (Å²) in [5, 5.41) is 1.11. The number of hydrogen-bond acceptors (Lipinski definition) is 1. The third kappa shape index (κ3) is 5.00. The summed E-state index contributed by atoms with van der Waals surface area (Å²) in [5.74, 6) is 0.871. The maximum absolute atomic E-state index is 7.24. The third-order valence-electron chi connectivity index (χ3n) is 8.48. The van der Waals surface area contributed by atoms with Gasteiger partial charge in [0, 0.05) is 33.2 Å². The molecule has 0 aliphatic rings. The lowest BCUT2D eigenvalue weighted by atomic mass is 9.79. The Bertz CT molecular complexity index is 2210. The van der Waals surface area contributed by atoms with E-state index in [0.29, 0.717) is 0 Å². The normalized spacial score (nSPS) is 10.9. The Balaban J connectivity index is 0.00000338. The maximum Gasteiger partial charge on any atom is 0.144 e. The molecule has 0 bridgehead atoms. The Kier molecular flexibility index (Phi) is 7.85. The van der Waals surface area contributed by atoms with Crippen LogP contribution in [-0.2, 0) is 0 Å². The van der Waals surface area contributed by atoms with Gasteiger partial charge in [-0.05, 0) is 33.4 Å². The van der Waals surface area contributed by atoms with E-state index < -0.39 is 0 Å². The molecule has 1 heterocycles. The van der Waals surface area contributed by atoms with Crippen LogP contribution in [0.4, 0.5) is 4.70 Å². The van der Waals surface area contributed by atoms with Crippen LogP contribution in [0.2, 0.25) is 0 Å². The number of fused-ring (bicyclic) bond motifs is 1. The second-order valence-electron chi connectivity index (χ2n) is 11.2. The first kappa shape index (κ1) is 28.8. The minimum Gasteiger partial charge on any atom is -0.455 e. The molecule has 1 nitrogen and oxygen atoms in total. The molecule has 0 aliphatic carbocycles. The lowest BCUT2D eigenvalue weighted by molar-refractivity contribution is 0.633. The average Bonchev–Trinajstić information content (AvgIpc) is 3.53. The predicted octanol–water partition coefficient (Wildman–Crippen LogP) is 12.6. The molecule has 46 heavy (non-hydrogen) atoms. The number of rotatable bonds is 6. The standard InChI is InChI=1S/C44H30O.FH/c1-7-19-31(20-8-1)37-38(32-21-9-2-10-22-32)40(34-25-13-4-14-26-34)44-42(39(37)33-23-11-3-12-24-33)41(35-27-15-5-16-28-35)43(45-44)36-29-17-6-18-30-36;/h1-30H;1H. The second-order valence-corrected chi connectivity index (χ2v) is 11.2. The van der Waals surface area contributed by atoms with E-state index in [4.69, 9.17) is 4.42 Å². The fraction of sp³-hybridized carbons (Fsp3) is 0. The summed E-state index contributed by atoms with van der Waals surface area (Å²) in [7, 11) is 0. The van der Waals surface area contributed by atoms with E-state index in [1.807, 2.05) is 0 Å². The van der Waals surface area contributed by atoms with E-state index >= 15 is 0 Å². The average molecular weight is 595 g/mol. The number of furan rings is 1. The molecule has 0 radical (unpaired) electrons. The fourth-order valence-corrected chi connectivity index (χ4v) is 6.57. The minimum absolute atomic E-state index is 0. The van der Waals surface area contributed by atoms with Gasteiger partial charge in [-0.25, -0.2) is 0 Å². The Hall–Kier alpha value is -5.99. The van der Waals surface area contributed by atoms with E-state index in [9.17, 15) is 0 Å². The molecule has 0 atom stereocenters. The highest BCUT2D eigenvalue weighted by atomic mass is 19.0. The molecular weight excluding hydrogens is 563 g/mol. The lowest BCUT2D eigenvalue weighted by Gasteiger charge is -2.22. The van der Waals surface area contributed by atoms with Crippen LogP contribution in [0.1, 0.15) is 0 Å². The van der Waals surface area contributed by atoms with Crippen LogP contribution in [0.25, 0.3) is 77.9 Å². The van der Waals surface area contributed by atoms with Crippen molar-refractivity contribution in [3.05, 3.63) is 182 Å². The Morgan fingerprint density at radius 3 is 0.935 bits per heavy atom. The molecule has 220 valence electrons. The minimum atomic E-state index is 0. The first-order valence-corrected chi connectivity index (χ1v) is 15.4. The quantitative estimate of drug-likeness (QED) is 0.187. The predicted molar refractivity (Wildman–Crippen MR) is 191 cm³/mol. The SMILES string of the molecule is F.c1ccc(-c2oc3c(-c4ccccc4)c(-c4ccccc4)c(-c4ccccc4)c(-c4ccccc4)c3c2-c2ccccc2)cc1. The Labute approximate surface area is 268 Å². The zero-order chi connectivity index (χ0) is 30.0. The van der Waals surface area contributed by atoms with Gasteiger partial charge in [0.1, 0.15) is 11.3 Å². The van der Waals surface area contributed by atoms with Gasteiger partial charge >= 0.3 is 0 Å². The number of halogens is 1. The van der Waals surface area contributed by atoms with Gasteiger partial charge in [0.15, 0.2) is 0 Å². The van der Waals surface area contributed by atoms with Crippen molar-refractivity contribution in [2.75, 3.05) is 0 Å². The molecule has 1 aromatic heterocycles. The van der Waals surface area contributed by atoms with Crippen LogP contribution in [0.15, 0.2) is 186 Å². The summed E-state index contributed by atoms with van der Waals surface area (Å²) >= 11 is 0. The van der Waals surface area contributed by atoms with Gasteiger partial charge in [-0.2, -0.15) is 0 Å². The van der Waals surface area contributed by atoms with Gasteiger partial charge in [0.05, 0.1) is 0 Å². The highest BCUT2D eigenvalue weighted by Crippen LogP contribution is 2.55. The number of benzene rings is 7. The first-order valence-electron chi connectivity index (χ1n) is 15.4. The lowest BCUT2D eigenvalue weighted by Crippen LogP contribution is -1.97. The van der Waals surface area contributed by atoms with Gasteiger partial charge < -0.3 is 4.42 Å². The molecule has 7 aromatic carbocycles. The van der Waals surface area contributed by atoms with Gasteiger partial charge in [0.25, 0.3) is 0 Å². The Morgan fingerprint density at radius 1 is 0.261 bits per heavy atom. The molecule has 0 saturated heterocycles. The van der Waals surface area contributed by atoms with Crippen molar-refractivity contribution in [2.24, 2.45) is 0 Å². The van der Waals surface area contributed by atoms with Gasteiger partial charge in [-0.15, -0.1) is 0 Å². The summed E-state index contributed by atoms with van der Waals surface area (Å²) in [4.78, 5) is 0. The van der Waals surface area contributed by atoms with E-state index in [1.54, 1.807) is 0 Å². The monoisotopic (exact) mass is 594 g/mol. The molecule has 0 saturated carbocycles. The molecule has 2 heteroatoms. The molecule has 8 rings (SSSR count). The zero-order valence-corrected chi connectivity index (χ0v) is 25.1. The van der Waals surface area contributed by atoms with E-state index in [0.717, 1.165) is 66.8 Å². The van der Waals surface area contributed by atoms with Crippen molar-refractivity contribution in [1.29, 1.82) is 0 Å². The highest BCUT2D eigenvalue weighted by molar-refractivity contribution is 6.22. The summed E-state index contributed by atoms with van der Waals surface area (Å²) in [5.41, 5.74) is 13.3. The van der Waals surface area contributed by atoms with Crippen molar-refractivity contribution >= 4 is 11.0 Å². The molecule has 0 aliphatic heterocycles. The van der Waals surface area contributed by atoms with Crippen molar-refractivity contribution < 1.29 is 9.12 Å². The van der Waals surface area contributed by atoms with Crippen LogP contribution < -0.4 is 0 Å². The molecule has 0 N–H and O–H groups in total. The molecule has 0 fully saturated rings. The van der Waals surface area contributed by atoms with Crippen molar-refractivity contribution in [3.63, 3.8) is 0 Å². The van der Waals surface area contributed by atoms with E-state index in [-0.39, 0.29) is 4.70 Å². The van der Waals surface area contributed by atoms with E-state index in [2.05, 4.69) is 182 Å². The third-order valence-corrected chi connectivity index (χ3v) is 8.48. The van der Waals surface area contributed by atoms with Crippen LogP contribution in [0, 0.1) is 0 Å². The topological polar surface area (TPSA) is 13.1 Å². The summed E-state index contributed by atoms with van der Waals surface area (Å²) in [6.07, 6.45) is 0. The van der Waals surface area contributed by atoms with Crippen LogP contribution in [-0.4, -0.2) is 0 Å². The molecule has 0 unspecified atom stereocenters. The highest BCUT2D eigenvalue weighted by Gasteiger charge is 2.30. The van der Waals surface area contributed by atoms with Crippen LogP contribution in [0.5, 0.6) is 0 Å². The van der Waals surface area contributed by atoms with Crippen molar-refractivity contribution in [2.45, 2.75) is 0 Å². The van der Waals surface area contributed by atoms with Crippen LogP contribution >= 0.6 is 0 Å². The molecule has 8 aromatic rings. The van der Waals surface area contributed by atoms with Gasteiger partial charge in [-0.1, -0.05) is 182 Å². The zero-order valence-electron chi connectivity index (χ0n) is 25.1. The smallest absolute Gasteiger partial charge is 0.144 e. The Morgan fingerprint density at radius 2 is 0.543 bits per heavy atom. The largest absolute Gasteiger partial charge is 0.455 e.